The maximum Gasteiger partial charge on any atom is 0.191 e. The van der Waals surface area contributed by atoms with E-state index in [4.69, 9.17) is 4.74 Å². The molecule has 2 fully saturated rings. The van der Waals surface area contributed by atoms with Crippen LogP contribution in [-0.2, 0) is 11.3 Å². The van der Waals surface area contributed by atoms with Crippen LogP contribution in [0, 0.1) is 19.8 Å². The third-order valence-corrected chi connectivity index (χ3v) is 7.19. The summed E-state index contributed by atoms with van der Waals surface area (Å²) in [7, 11) is 1.87. The Balaban J connectivity index is 1.25. The molecule has 2 N–H and O–H groups in total. The molecule has 2 aliphatic heterocycles. The van der Waals surface area contributed by atoms with Gasteiger partial charge in [0.25, 0.3) is 0 Å². The molecule has 5 nitrogen and oxygen atoms in total. The minimum Gasteiger partial charge on any atom is -0.373 e. The maximum absolute atomic E-state index is 6.20. The number of aliphatic imine (C=N–C) groups is 1. The van der Waals surface area contributed by atoms with Crippen LogP contribution >= 0.6 is 0 Å². The molecule has 2 aliphatic rings. The summed E-state index contributed by atoms with van der Waals surface area (Å²) in [4.78, 5) is 7.09. The number of rotatable bonds is 6. The van der Waals surface area contributed by atoms with Crippen molar-refractivity contribution in [3.05, 3.63) is 70.8 Å². The number of aryl methyl sites for hydroxylation is 2. The first-order chi connectivity index (χ1) is 16.1. The molecule has 33 heavy (non-hydrogen) atoms. The molecule has 0 aromatic heterocycles. The van der Waals surface area contributed by atoms with Gasteiger partial charge >= 0.3 is 0 Å². The highest BCUT2D eigenvalue weighted by Crippen LogP contribution is 2.33. The molecule has 0 spiro atoms. The Morgan fingerprint density at radius 1 is 1.03 bits per heavy atom. The lowest BCUT2D eigenvalue weighted by molar-refractivity contribution is -0.0265. The van der Waals surface area contributed by atoms with Crippen LogP contribution in [0.2, 0.25) is 0 Å². The normalized spacial score (nSPS) is 22.8. The molecule has 2 aromatic rings. The van der Waals surface area contributed by atoms with Gasteiger partial charge in [0, 0.05) is 51.8 Å². The second kappa shape index (κ2) is 11.7. The molecule has 4 rings (SSSR count). The van der Waals surface area contributed by atoms with Gasteiger partial charge in [-0.15, -0.1) is 0 Å². The Morgan fingerprint density at radius 2 is 1.79 bits per heavy atom. The summed E-state index contributed by atoms with van der Waals surface area (Å²) >= 11 is 0. The van der Waals surface area contributed by atoms with E-state index in [0.717, 1.165) is 58.0 Å². The molecule has 2 atom stereocenters. The van der Waals surface area contributed by atoms with Gasteiger partial charge in [0.2, 0.25) is 0 Å². The van der Waals surface area contributed by atoms with E-state index in [1.165, 1.54) is 28.7 Å². The first-order valence-electron chi connectivity index (χ1n) is 12.5. The third-order valence-electron chi connectivity index (χ3n) is 7.19. The Hall–Kier alpha value is -2.37. The van der Waals surface area contributed by atoms with Crippen molar-refractivity contribution in [2.75, 3.05) is 33.3 Å². The van der Waals surface area contributed by atoms with Gasteiger partial charge in [-0.25, -0.2) is 0 Å². The van der Waals surface area contributed by atoms with Gasteiger partial charge in [-0.3, -0.25) is 9.89 Å². The summed E-state index contributed by atoms with van der Waals surface area (Å²) in [5.41, 5.74) is 5.41. The van der Waals surface area contributed by atoms with Crippen LogP contribution in [0.3, 0.4) is 0 Å². The van der Waals surface area contributed by atoms with Crippen LogP contribution < -0.4 is 10.6 Å². The number of hydrogen-bond acceptors (Lipinski definition) is 3. The van der Waals surface area contributed by atoms with Crippen LogP contribution in [0.4, 0.5) is 0 Å². The first-order valence-corrected chi connectivity index (χ1v) is 12.5. The Bertz CT molecular complexity index is 902. The smallest absolute Gasteiger partial charge is 0.191 e. The molecule has 0 saturated carbocycles. The molecule has 0 amide bonds. The number of ether oxygens (including phenoxy) is 1. The molecular weight excluding hydrogens is 408 g/mol. The monoisotopic (exact) mass is 448 g/mol. The lowest BCUT2D eigenvalue weighted by atomic mass is 9.89. The number of nitrogens with one attached hydrogen (secondary N) is 2. The minimum atomic E-state index is 0.162. The third kappa shape index (κ3) is 6.58. The summed E-state index contributed by atoms with van der Waals surface area (Å²) in [5, 5.41) is 7.28. The summed E-state index contributed by atoms with van der Waals surface area (Å²) < 4.78 is 6.20. The van der Waals surface area contributed by atoms with Crippen molar-refractivity contribution < 1.29 is 4.74 Å². The average Bonchev–Trinajstić information content (AvgIpc) is 2.85. The van der Waals surface area contributed by atoms with Crippen molar-refractivity contribution in [1.82, 2.24) is 15.5 Å². The van der Waals surface area contributed by atoms with Gasteiger partial charge in [0.05, 0.1) is 6.10 Å². The molecule has 5 heteroatoms. The van der Waals surface area contributed by atoms with E-state index < -0.39 is 0 Å². The highest BCUT2D eigenvalue weighted by atomic mass is 16.5. The minimum absolute atomic E-state index is 0.162. The van der Waals surface area contributed by atoms with Crippen LogP contribution in [0.15, 0.2) is 53.5 Å². The summed E-state index contributed by atoms with van der Waals surface area (Å²) in [6, 6.07) is 18.0. The van der Waals surface area contributed by atoms with Crippen LogP contribution in [0.25, 0.3) is 0 Å². The van der Waals surface area contributed by atoms with E-state index in [-0.39, 0.29) is 6.10 Å². The predicted octanol–water partition coefficient (Wildman–Crippen LogP) is 4.60. The van der Waals surface area contributed by atoms with Crippen LogP contribution in [0.1, 0.15) is 54.0 Å². The molecule has 178 valence electrons. The number of benzene rings is 2. The number of piperidine rings is 1. The molecule has 2 heterocycles. The Kier molecular flexibility index (Phi) is 8.40. The van der Waals surface area contributed by atoms with Crippen molar-refractivity contribution in [2.45, 2.75) is 58.2 Å². The van der Waals surface area contributed by atoms with Crippen molar-refractivity contribution in [1.29, 1.82) is 0 Å². The maximum atomic E-state index is 6.20. The zero-order chi connectivity index (χ0) is 23.0. The number of hydrogen-bond donors (Lipinski definition) is 2. The quantitative estimate of drug-likeness (QED) is 0.501. The van der Waals surface area contributed by atoms with E-state index in [0.29, 0.717) is 12.0 Å². The predicted molar refractivity (Wildman–Crippen MR) is 137 cm³/mol. The van der Waals surface area contributed by atoms with E-state index in [9.17, 15) is 0 Å². The van der Waals surface area contributed by atoms with E-state index >= 15 is 0 Å². The number of likely N-dealkylation sites (tertiary alicyclic amines) is 1. The summed E-state index contributed by atoms with van der Waals surface area (Å²) in [6.07, 6.45) is 4.76. The molecular formula is C28H40N4O. The molecule has 2 aromatic carbocycles. The highest BCUT2D eigenvalue weighted by Gasteiger charge is 2.28. The molecule has 2 saturated heterocycles. The van der Waals surface area contributed by atoms with Crippen molar-refractivity contribution in [2.24, 2.45) is 10.9 Å². The van der Waals surface area contributed by atoms with Gasteiger partial charge in [-0.05, 0) is 56.2 Å². The van der Waals surface area contributed by atoms with Gasteiger partial charge in [0.15, 0.2) is 5.96 Å². The Morgan fingerprint density at radius 3 is 2.52 bits per heavy atom. The zero-order valence-electron chi connectivity index (χ0n) is 20.5. The van der Waals surface area contributed by atoms with Gasteiger partial charge < -0.3 is 15.4 Å². The van der Waals surface area contributed by atoms with Crippen LogP contribution in [-0.4, -0.2) is 50.2 Å². The number of nitrogens with zero attached hydrogens (tertiary/aromatic N) is 2. The molecule has 0 aliphatic carbocycles. The molecule has 2 unspecified atom stereocenters. The van der Waals surface area contributed by atoms with Gasteiger partial charge in [0.1, 0.15) is 0 Å². The topological polar surface area (TPSA) is 48.9 Å². The van der Waals surface area contributed by atoms with E-state index in [1.807, 2.05) is 7.05 Å². The van der Waals surface area contributed by atoms with E-state index in [2.05, 4.69) is 82.9 Å². The molecule has 0 bridgehead atoms. The fourth-order valence-electron chi connectivity index (χ4n) is 5.06. The average molecular weight is 449 g/mol. The number of guanidine groups is 1. The summed E-state index contributed by atoms with van der Waals surface area (Å²) in [5.74, 6) is 1.37. The van der Waals surface area contributed by atoms with Crippen LogP contribution in [0.5, 0.6) is 0 Å². The highest BCUT2D eigenvalue weighted by molar-refractivity contribution is 5.80. The molecule has 0 radical (unpaired) electrons. The lowest BCUT2D eigenvalue weighted by Crippen LogP contribution is -2.49. The van der Waals surface area contributed by atoms with Gasteiger partial charge in [-0.1, -0.05) is 54.1 Å². The van der Waals surface area contributed by atoms with Crippen molar-refractivity contribution >= 4 is 5.96 Å². The first kappa shape index (κ1) is 23.8. The standard InChI is InChI=1S/C28H40N4O/c1-21-10-12-23(13-11-21)27-24(9-6-18-33-27)19-30-28(29-3)31-26-14-16-32(17-15-26)20-25-8-5-4-7-22(25)2/h4-5,7-8,10-13,24,26-27H,6,9,14-20H2,1-3H3,(H2,29,30,31). The fourth-order valence-corrected chi connectivity index (χ4v) is 5.06. The van der Waals surface area contributed by atoms with E-state index in [1.54, 1.807) is 0 Å². The second-order valence-electron chi connectivity index (χ2n) is 9.68. The van der Waals surface area contributed by atoms with Crippen molar-refractivity contribution in [3.8, 4) is 0 Å². The van der Waals surface area contributed by atoms with Crippen molar-refractivity contribution in [3.63, 3.8) is 0 Å². The largest absolute Gasteiger partial charge is 0.373 e. The van der Waals surface area contributed by atoms with Gasteiger partial charge in [-0.2, -0.15) is 0 Å². The fraction of sp³-hybridized carbons (Fsp3) is 0.536. The second-order valence-corrected chi connectivity index (χ2v) is 9.68. The zero-order valence-corrected chi connectivity index (χ0v) is 20.5. The Labute approximate surface area is 199 Å². The SMILES string of the molecule is CN=C(NCC1CCCOC1c1ccc(C)cc1)NC1CCN(Cc2ccccc2C)CC1. The summed E-state index contributed by atoms with van der Waals surface area (Å²) in [6.45, 7) is 9.36. The lowest BCUT2D eigenvalue weighted by Gasteiger charge is -2.35.